The zero-order chi connectivity index (χ0) is 19.6. The topological polar surface area (TPSA) is 41.6 Å². The van der Waals surface area contributed by atoms with E-state index in [1.807, 2.05) is 19.1 Å². The highest BCUT2D eigenvalue weighted by Gasteiger charge is 2.35. The second-order valence-corrected chi connectivity index (χ2v) is 7.69. The van der Waals surface area contributed by atoms with Gasteiger partial charge in [0.1, 0.15) is 5.75 Å². The van der Waals surface area contributed by atoms with Gasteiger partial charge in [0.15, 0.2) is 0 Å². The number of nitrogens with one attached hydrogen (secondary N) is 1. The van der Waals surface area contributed by atoms with E-state index in [0.29, 0.717) is 6.04 Å². The number of ether oxygens (including phenoxy) is 1. The van der Waals surface area contributed by atoms with Crippen molar-refractivity contribution in [3.8, 4) is 5.75 Å². The van der Waals surface area contributed by atoms with E-state index >= 15 is 0 Å². The Kier molecular flexibility index (Phi) is 5.85. The molecule has 0 saturated heterocycles. The Morgan fingerprint density at radius 3 is 2.26 bits per heavy atom. The van der Waals surface area contributed by atoms with Gasteiger partial charge in [0.25, 0.3) is 0 Å². The molecule has 0 unspecified atom stereocenters. The molecule has 4 heteroatoms. The summed E-state index contributed by atoms with van der Waals surface area (Å²) in [6.45, 7) is 8.97. The van der Waals surface area contributed by atoms with Gasteiger partial charge >= 0.3 is 0 Å². The number of hydrogen-bond acceptors (Lipinski definition) is 3. The highest BCUT2D eigenvalue weighted by molar-refractivity contribution is 5.96. The van der Waals surface area contributed by atoms with Crippen LogP contribution in [0.2, 0.25) is 0 Å². The summed E-state index contributed by atoms with van der Waals surface area (Å²) in [6, 6.07) is 12.6. The molecule has 1 aliphatic carbocycles. The molecule has 0 spiro atoms. The van der Waals surface area contributed by atoms with Gasteiger partial charge in [0.05, 0.1) is 13.2 Å². The predicted molar refractivity (Wildman–Crippen MR) is 110 cm³/mol. The monoisotopic (exact) mass is 366 g/mol. The molecule has 1 saturated carbocycles. The van der Waals surface area contributed by atoms with E-state index in [-0.39, 0.29) is 11.9 Å². The van der Waals surface area contributed by atoms with Gasteiger partial charge in [-0.3, -0.25) is 9.69 Å². The van der Waals surface area contributed by atoms with Crippen molar-refractivity contribution in [2.24, 2.45) is 0 Å². The maximum atomic E-state index is 13.0. The van der Waals surface area contributed by atoms with Crippen molar-refractivity contribution in [1.82, 2.24) is 4.90 Å². The van der Waals surface area contributed by atoms with E-state index in [2.05, 4.69) is 55.3 Å². The summed E-state index contributed by atoms with van der Waals surface area (Å²) >= 11 is 0. The van der Waals surface area contributed by atoms with Crippen LogP contribution in [0.25, 0.3) is 0 Å². The third-order valence-electron chi connectivity index (χ3n) is 5.34. The van der Waals surface area contributed by atoms with Crippen molar-refractivity contribution in [1.29, 1.82) is 0 Å². The Morgan fingerprint density at radius 2 is 1.74 bits per heavy atom. The van der Waals surface area contributed by atoms with Crippen LogP contribution in [0.1, 0.15) is 42.0 Å². The molecule has 2 aromatic carbocycles. The highest BCUT2D eigenvalue weighted by Crippen LogP contribution is 2.31. The number of aryl methyl sites for hydroxylation is 3. The molecule has 144 valence electrons. The van der Waals surface area contributed by atoms with E-state index in [4.69, 9.17) is 4.74 Å². The van der Waals surface area contributed by atoms with Gasteiger partial charge in [-0.1, -0.05) is 29.8 Å². The van der Waals surface area contributed by atoms with Crippen LogP contribution >= 0.6 is 0 Å². The summed E-state index contributed by atoms with van der Waals surface area (Å²) < 4.78 is 5.24. The molecule has 3 rings (SSSR count). The van der Waals surface area contributed by atoms with Gasteiger partial charge in [-0.05, 0) is 69.4 Å². The van der Waals surface area contributed by atoms with Crippen molar-refractivity contribution in [2.45, 2.75) is 59.2 Å². The van der Waals surface area contributed by atoms with Crippen molar-refractivity contribution >= 4 is 11.6 Å². The summed E-state index contributed by atoms with van der Waals surface area (Å²) in [4.78, 5) is 15.3. The third kappa shape index (κ3) is 4.69. The molecule has 1 amide bonds. The normalized spacial score (nSPS) is 14.9. The SMILES string of the molecule is COc1ccc(CN(C2CC2)[C@H](C)C(=O)Nc2c(C)cc(C)cc2C)cc1. The number of nitrogens with zero attached hydrogens (tertiary/aromatic N) is 1. The Bertz CT molecular complexity index is 787. The predicted octanol–water partition coefficient (Wildman–Crippen LogP) is 4.61. The molecule has 1 atom stereocenters. The quantitative estimate of drug-likeness (QED) is 0.778. The summed E-state index contributed by atoms with van der Waals surface area (Å²) in [7, 11) is 1.67. The third-order valence-corrected chi connectivity index (χ3v) is 5.34. The minimum absolute atomic E-state index is 0.0606. The summed E-state index contributed by atoms with van der Waals surface area (Å²) in [5.41, 5.74) is 5.58. The van der Waals surface area contributed by atoms with Crippen molar-refractivity contribution in [3.63, 3.8) is 0 Å². The Balaban J connectivity index is 1.72. The molecule has 2 aromatic rings. The molecular weight excluding hydrogens is 336 g/mol. The Labute approximate surface area is 162 Å². The van der Waals surface area contributed by atoms with E-state index in [1.54, 1.807) is 7.11 Å². The van der Waals surface area contributed by atoms with Crippen LogP contribution in [0.15, 0.2) is 36.4 Å². The molecule has 1 N–H and O–H groups in total. The maximum absolute atomic E-state index is 13.0. The van der Waals surface area contributed by atoms with E-state index in [0.717, 1.165) is 42.0 Å². The number of carbonyl (C=O) groups excluding carboxylic acids is 1. The number of benzene rings is 2. The first-order chi connectivity index (χ1) is 12.9. The molecule has 1 aliphatic rings. The second-order valence-electron chi connectivity index (χ2n) is 7.69. The smallest absolute Gasteiger partial charge is 0.241 e. The number of hydrogen-bond donors (Lipinski definition) is 1. The number of anilines is 1. The molecule has 0 bridgehead atoms. The molecular formula is C23H30N2O2. The lowest BCUT2D eigenvalue weighted by molar-refractivity contribution is -0.121. The van der Waals surface area contributed by atoms with Crippen molar-refractivity contribution in [2.75, 3.05) is 12.4 Å². The molecule has 4 nitrogen and oxygen atoms in total. The highest BCUT2D eigenvalue weighted by atomic mass is 16.5. The first kappa shape index (κ1) is 19.4. The van der Waals surface area contributed by atoms with E-state index in [9.17, 15) is 4.79 Å². The number of carbonyl (C=O) groups is 1. The number of methoxy groups -OCH3 is 1. The van der Waals surface area contributed by atoms with Gasteiger partial charge in [-0.25, -0.2) is 0 Å². The fourth-order valence-corrected chi connectivity index (χ4v) is 3.69. The number of rotatable bonds is 7. The summed E-state index contributed by atoms with van der Waals surface area (Å²) in [5.74, 6) is 0.915. The largest absolute Gasteiger partial charge is 0.497 e. The first-order valence-corrected chi connectivity index (χ1v) is 9.66. The van der Waals surface area contributed by atoms with Crippen LogP contribution in [0.3, 0.4) is 0 Å². The van der Waals surface area contributed by atoms with Gasteiger partial charge in [-0.15, -0.1) is 0 Å². The average molecular weight is 367 g/mol. The summed E-state index contributed by atoms with van der Waals surface area (Å²) in [5, 5.41) is 3.17. The second kappa shape index (κ2) is 8.13. The van der Waals surface area contributed by atoms with Crippen LogP contribution in [0.4, 0.5) is 5.69 Å². The fraction of sp³-hybridized carbons (Fsp3) is 0.435. The minimum atomic E-state index is -0.181. The van der Waals surface area contributed by atoms with Gasteiger partial charge in [0, 0.05) is 18.3 Å². The molecule has 27 heavy (non-hydrogen) atoms. The molecule has 0 aromatic heterocycles. The standard InChI is InChI=1S/C23H30N2O2/c1-15-12-16(2)22(17(3)13-15)24-23(26)18(4)25(20-8-9-20)14-19-6-10-21(27-5)11-7-19/h6-7,10-13,18,20H,8-9,14H2,1-5H3,(H,24,26)/t18-/m1/s1. The minimum Gasteiger partial charge on any atom is -0.497 e. The van der Waals surface area contributed by atoms with E-state index in [1.165, 1.54) is 11.1 Å². The first-order valence-electron chi connectivity index (χ1n) is 9.66. The lowest BCUT2D eigenvalue weighted by Crippen LogP contribution is -2.43. The molecule has 0 radical (unpaired) electrons. The Hall–Kier alpha value is -2.33. The Morgan fingerprint density at radius 1 is 1.15 bits per heavy atom. The van der Waals surface area contributed by atoms with Gasteiger partial charge < -0.3 is 10.1 Å². The van der Waals surface area contributed by atoms with Crippen LogP contribution in [0.5, 0.6) is 5.75 Å². The zero-order valence-electron chi connectivity index (χ0n) is 17.0. The van der Waals surface area contributed by atoms with Crippen LogP contribution in [-0.4, -0.2) is 30.0 Å². The summed E-state index contributed by atoms with van der Waals surface area (Å²) in [6.07, 6.45) is 2.33. The van der Waals surface area contributed by atoms with Crippen LogP contribution in [-0.2, 0) is 11.3 Å². The molecule has 0 heterocycles. The zero-order valence-corrected chi connectivity index (χ0v) is 17.0. The maximum Gasteiger partial charge on any atom is 0.241 e. The number of amides is 1. The fourth-order valence-electron chi connectivity index (χ4n) is 3.69. The van der Waals surface area contributed by atoms with Gasteiger partial charge in [0.2, 0.25) is 5.91 Å². The average Bonchev–Trinajstić information content (AvgIpc) is 3.47. The van der Waals surface area contributed by atoms with E-state index < -0.39 is 0 Å². The van der Waals surface area contributed by atoms with Crippen molar-refractivity contribution < 1.29 is 9.53 Å². The van der Waals surface area contributed by atoms with Gasteiger partial charge in [-0.2, -0.15) is 0 Å². The lowest BCUT2D eigenvalue weighted by Gasteiger charge is -2.29. The molecule has 0 aliphatic heterocycles. The van der Waals surface area contributed by atoms with Crippen molar-refractivity contribution in [3.05, 3.63) is 58.7 Å². The lowest BCUT2D eigenvalue weighted by atomic mass is 10.0. The van der Waals surface area contributed by atoms with Crippen LogP contribution < -0.4 is 10.1 Å². The van der Waals surface area contributed by atoms with Crippen LogP contribution in [0, 0.1) is 20.8 Å². The molecule has 1 fully saturated rings.